The van der Waals surface area contributed by atoms with Gasteiger partial charge in [-0.2, -0.15) is 8.42 Å². The van der Waals surface area contributed by atoms with E-state index in [9.17, 15) is 8.42 Å². The third-order valence-corrected chi connectivity index (χ3v) is 3.65. The first-order valence-electron chi connectivity index (χ1n) is 4.06. The molecule has 0 aliphatic heterocycles. The van der Waals surface area contributed by atoms with Crippen molar-refractivity contribution in [3.05, 3.63) is 29.8 Å². The van der Waals surface area contributed by atoms with Crippen molar-refractivity contribution in [2.45, 2.75) is 16.8 Å². The van der Waals surface area contributed by atoms with Gasteiger partial charge in [-0.1, -0.05) is 23.6 Å². The molecule has 0 saturated carbocycles. The molecule has 0 aliphatic carbocycles. The highest BCUT2D eigenvalue weighted by Crippen LogP contribution is 2.16. The molecular formula is C10H9BrO3S. The van der Waals surface area contributed by atoms with Gasteiger partial charge in [-0.3, -0.25) is 0 Å². The number of benzene rings is 1. The molecule has 0 aromatic heterocycles. The van der Waals surface area contributed by atoms with Crippen LogP contribution in [-0.4, -0.2) is 13.4 Å². The second kappa shape index (κ2) is 4.79. The Morgan fingerprint density at radius 1 is 1.40 bits per heavy atom. The Morgan fingerprint density at radius 2 is 1.93 bits per heavy atom. The van der Waals surface area contributed by atoms with Crippen molar-refractivity contribution in [1.29, 1.82) is 0 Å². The van der Waals surface area contributed by atoms with E-state index in [1.54, 1.807) is 12.1 Å². The first-order valence-corrected chi connectivity index (χ1v) is 6.38. The zero-order chi connectivity index (χ0) is 11.5. The topological polar surface area (TPSA) is 43.4 Å². The zero-order valence-electron chi connectivity index (χ0n) is 7.98. The second-order valence-corrected chi connectivity index (χ2v) is 5.25. The highest BCUT2D eigenvalue weighted by Gasteiger charge is 2.18. The summed E-state index contributed by atoms with van der Waals surface area (Å²) in [6, 6.07) is 6.33. The van der Waals surface area contributed by atoms with E-state index in [1.165, 1.54) is 12.1 Å². The van der Waals surface area contributed by atoms with Crippen LogP contribution in [0.2, 0.25) is 0 Å². The quantitative estimate of drug-likeness (QED) is 0.486. The number of terminal acetylenes is 1. The van der Waals surface area contributed by atoms with Gasteiger partial charge in [0.25, 0.3) is 10.1 Å². The summed E-state index contributed by atoms with van der Waals surface area (Å²) in [4.78, 5) is 0.0906. The lowest BCUT2D eigenvalue weighted by Gasteiger charge is -2.06. The lowest BCUT2D eigenvalue weighted by molar-refractivity contribution is 0.343. The first-order chi connectivity index (χ1) is 6.95. The molecule has 3 nitrogen and oxygen atoms in total. The Balaban J connectivity index is 2.98. The third kappa shape index (κ3) is 3.34. The average molecular weight is 289 g/mol. The fourth-order valence-electron chi connectivity index (χ4n) is 0.899. The van der Waals surface area contributed by atoms with Crippen molar-refractivity contribution in [2.75, 3.05) is 0 Å². The Labute approximate surface area is 97.7 Å². The Hall–Kier alpha value is -0.830. The van der Waals surface area contributed by atoms with Crippen molar-refractivity contribution >= 4 is 26.0 Å². The van der Waals surface area contributed by atoms with Crippen molar-refractivity contribution < 1.29 is 12.6 Å². The van der Waals surface area contributed by atoms with E-state index in [0.717, 1.165) is 5.56 Å². The van der Waals surface area contributed by atoms with Gasteiger partial charge in [0.15, 0.2) is 5.01 Å². The molecule has 0 N–H and O–H groups in total. The molecule has 0 saturated heterocycles. The number of aryl methyl sites for hydroxylation is 1. The van der Waals surface area contributed by atoms with Crippen molar-refractivity contribution in [3.63, 3.8) is 0 Å². The second-order valence-electron chi connectivity index (χ2n) is 2.85. The molecular weight excluding hydrogens is 280 g/mol. The SMILES string of the molecule is C#CC(Br)OS(=O)(=O)c1ccc(C)cc1. The van der Waals surface area contributed by atoms with E-state index in [4.69, 9.17) is 6.42 Å². The minimum Gasteiger partial charge on any atom is -0.238 e. The van der Waals surface area contributed by atoms with Crippen LogP contribution in [0.15, 0.2) is 29.2 Å². The smallest absolute Gasteiger partial charge is 0.238 e. The van der Waals surface area contributed by atoms with Crippen LogP contribution >= 0.6 is 15.9 Å². The molecule has 0 fully saturated rings. The van der Waals surface area contributed by atoms with Crippen LogP contribution in [0.5, 0.6) is 0 Å². The number of rotatable bonds is 3. The summed E-state index contributed by atoms with van der Waals surface area (Å²) in [5, 5.41) is -0.941. The van der Waals surface area contributed by atoms with E-state index in [0.29, 0.717) is 0 Å². The average Bonchev–Trinajstić information content (AvgIpc) is 2.17. The minimum absolute atomic E-state index is 0.0906. The van der Waals surface area contributed by atoms with Gasteiger partial charge >= 0.3 is 0 Å². The van der Waals surface area contributed by atoms with E-state index in [1.807, 2.05) is 6.92 Å². The summed E-state index contributed by atoms with van der Waals surface area (Å²) in [5.41, 5.74) is 0.973. The highest BCUT2D eigenvalue weighted by molar-refractivity contribution is 9.09. The van der Waals surface area contributed by atoms with Gasteiger partial charge in [-0.25, -0.2) is 4.18 Å². The van der Waals surface area contributed by atoms with Crippen LogP contribution in [-0.2, 0) is 14.3 Å². The molecule has 0 bridgehead atoms. The zero-order valence-corrected chi connectivity index (χ0v) is 10.4. The molecule has 80 valence electrons. The van der Waals surface area contributed by atoms with E-state index in [-0.39, 0.29) is 4.90 Å². The van der Waals surface area contributed by atoms with Crippen LogP contribution in [0.1, 0.15) is 5.56 Å². The molecule has 0 amide bonds. The lowest BCUT2D eigenvalue weighted by atomic mass is 10.2. The van der Waals surface area contributed by atoms with Crippen LogP contribution in [0.3, 0.4) is 0 Å². The molecule has 15 heavy (non-hydrogen) atoms. The molecule has 1 aromatic carbocycles. The van der Waals surface area contributed by atoms with Gasteiger partial charge in [0.05, 0.1) is 4.90 Å². The molecule has 5 heteroatoms. The molecule has 1 atom stereocenters. The predicted molar refractivity (Wildman–Crippen MR) is 61.0 cm³/mol. The van der Waals surface area contributed by atoms with Crippen LogP contribution in [0.25, 0.3) is 0 Å². The molecule has 0 aliphatic rings. The lowest BCUT2D eigenvalue weighted by Crippen LogP contribution is -2.11. The van der Waals surface area contributed by atoms with E-state index >= 15 is 0 Å². The van der Waals surface area contributed by atoms with Crippen molar-refractivity contribution in [3.8, 4) is 12.3 Å². The monoisotopic (exact) mass is 288 g/mol. The van der Waals surface area contributed by atoms with E-state index < -0.39 is 15.1 Å². The Kier molecular flexibility index (Phi) is 3.91. The maximum Gasteiger partial charge on any atom is 0.298 e. The van der Waals surface area contributed by atoms with Gasteiger partial charge in [-0.05, 0) is 35.0 Å². The van der Waals surface area contributed by atoms with Gasteiger partial charge in [-0.15, -0.1) is 6.42 Å². The third-order valence-electron chi connectivity index (χ3n) is 1.65. The Morgan fingerprint density at radius 3 is 2.40 bits per heavy atom. The predicted octanol–water partition coefficient (Wildman–Crippen LogP) is 2.05. The van der Waals surface area contributed by atoms with Gasteiger partial charge in [0.1, 0.15) is 0 Å². The number of hydrogen-bond acceptors (Lipinski definition) is 3. The van der Waals surface area contributed by atoms with Crippen LogP contribution < -0.4 is 0 Å². The van der Waals surface area contributed by atoms with Gasteiger partial charge in [0.2, 0.25) is 0 Å². The standard InChI is InChI=1S/C10H9BrO3S/c1-3-10(11)14-15(12,13)9-6-4-8(2)5-7-9/h1,4-7,10H,2H3. The highest BCUT2D eigenvalue weighted by atomic mass is 79.9. The summed E-state index contributed by atoms with van der Waals surface area (Å²) in [6.45, 7) is 1.87. The fourth-order valence-corrected chi connectivity index (χ4v) is 2.36. The number of alkyl halides is 1. The molecule has 0 heterocycles. The van der Waals surface area contributed by atoms with Crippen molar-refractivity contribution in [2.24, 2.45) is 0 Å². The molecule has 1 aromatic rings. The molecule has 1 unspecified atom stereocenters. The van der Waals surface area contributed by atoms with Gasteiger partial charge < -0.3 is 0 Å². The molecule has 0 spiro atoms. The number of halogens is 1. The maximum absolute atomic E-state index is 11.6. The Bertz CT molecular complexity index is 470. The normalized spacial score (nSPS) is 13.1. The number of hydrogen-bond donors (Lipinski definition) is 0. The van der Waals surface area contributed by atoms with E-state index in [2.05, 4.69) is 26.0 Å². The summed E-state index contributed by atoms with van der Waals surface area (Å²) in [5.74, 6) is 2.12. The molecule has 0 radical (unpaired) electrons. The molecule has 1 rings (SSSR count). The minimum atomic E-state index is -3.78. The van der Waals surface area contributed by atoms with Crippen molar-refractivity contribution in [1.82, 2.24) is 0 Å². The first kappa shape index (κ1) is 12.2. The summed E-state index contributed by atoms with van der Waals surface area (Å²) in [7, 11) is -3.78. The fraction of sp³-hybridized carbons (Fsp3) is 0.200. The maximum atomic E-state index is 11.6. The van der Waals surface area contributed by atoms with Crippen LogP contribution in [0, 0.1) is 19.3 Å². The van der Waals surface area contributed by atoms with Crippen LogP contribution in [0.4, 0.5) is 0 Å². The largest absolute Gasteiger partial charge is 0.298 e. The van der Waals surface area contributed by atoms with Gasteiger partial charge in [0, 0.05) is 0 Å². The summed E-state index contributed by atoms with van der Waals surface area (Å²) >= 11 is 2.89. The summed E-state index contributed by atoms with van der Waals surface area (Å²) < 4.78 is 27.8. The summed E-state index contributed by atoms with van der Waals surface area (Å²) in [6.07, 6.45) is 5.00.